The number of hydrogen-bond acceptors (Lipinski definition) is 2. The first-order valence-corrected chi connectivity index (χ1v) is 6.00. The van der Waals surface area contributed by atoms with Gasteiger partial charge in [-0.1, -0.05) is 11.8 Å². The maximum Gasteiger partial charge on any atom is 0.391 e. The Hall–Kier alpha value is -2.07. The molecule has 0 saturated heterocycles. The molecule has 0 bridgehead atoms. The van der Waals surface area contributed by atoms with Crippen LogP contribution in [-0.4, -0.2) is 29.8 Å². The Morgan fingerprint density at radius 1 is 1.43 bits per heavy atom. The van der Waals surface area contributed by atoms with Crippen molar-refractivity contribution in [3.63, 3.8) is 0 Å². The summed E-state index contributed by atoms with van der Waals surface area (Å²) in [5, 5.41) is 10.6. The van der Waals surface area contributed by atoms with Gasteiger partial charge in [0, 0.05) is 11.6 Å². The zero-order chi connectivity index (χ0) is 16.0. The second kappa shape index (κ2) is 7.09. The number of rotatable bonds is 3. The monoisotopic (exact) mass is 303 g/mol. The summed E-state index contributed by atoms with van der Waals surface area (Å²) in [6.07, 6.45) is -5.62. The van der Waals surface area contributed by atoms with Crippen molar-refractivity contribution in [3.05, 3.63) is 35.1 Å². The Balaban J connectivity index is 2.86. The van der Waals surface area contributed by atoms with Crippen LogP contribution in [0.5, 0.6) is 0 Å². The first-order chi connectivity index (χ1) is 9.73. The van der Waals surface area contributed by atoms with E-state index in [9.17, 15) is 22.4 Å². The lowest BCUT2D eigenvalue weighted by Crippen LogP contribution is -2.36. The minimum atomic E-state index is -4.42. The van der Waals surface area contributed by atoms with Gasteiger partial charge >= 0.3 is 6.18 Å². The molecule has 1 amide bonds. The number of halogens is 4. The van der Waals surface area contributed by atoms with Gasteiger partial charge in [0.05, 0.1) is 12.0 Å². The molecule has 0 aliphatic carbocycles. The molecule has 114 valence electrons. The zero-order valence-electron chi connectivity index (χ0n) is 11.1. The molecule has 0 aromatic heterocycles. The molecule has 0 aliphatic heterocycles. The summed E-state index contributed by atoms with van der Waals surface area (Å²) in [5.74, 6) is 3.00. The molecule has 1 rings (SSSR count). The van der Waals surface area contributed by atoms with E-state index in [0.717, 1.165) is 12.1 Å². The Kier molecular flexibility index (Phi) is 5.73. The van der Waals surface area contributed by atoms with E-state index in [1.165, 1.54) is 13.0 Å². The number of carbonyl (C=O) groups is 1. The number of aliphatic hydroxyl groups is 1. The van der Waals surface area contributed by atoms with Crippen LogP contribution in [0.3, 0.4) is 0 Å². The van der Waals surface area contributed by atoms with Gasteiger partial charge < -0.3 is 10.4 Å². The maximum atomic E-state index is 13.5. The van der Waals surface area contributed by atoms with Gasteiger partial charge in [0.1, 0.15) is 12.4 Å². The lowest BCUT2D eigenvalue weighted by Gasteiger charge is -2.16. The van der Waals surface area contributed by atoms with Gasteiger partial charge in [-0.2, -0.15) is 13.2 Å². The quantitative estimate of drug-likeness (QED) is 0.664. The Morgan fingerprint density at radius 2 is 2.10 bits per heavy atom. The topological polar surface area (TPSA) is 49.3 Å². The van der Waals surface area contributed by atoms with Crippen molar-refractivity contribution in [2.75, 3.05) is 6.61 Å². The van der Waals surface area contributed by atoms with Gasteiger partial charge in [-0.05, 0) is 25.1 Å². The average molecular weight is 303 g/mol. The predicted octanol–water partition coefficient (Wildman–Crippen LogP) is 2.24. The molecule has 1 aromatic rings. The molecule has 0 saturated carbocycles. The number of hydrogen-bond donors (Lipinski definition) is 2. The Bertz CT molecular complexity index is 573. The summed E-state index contributed by atoms with van der Waals surface area (Å²) >= 11 is 0. The van der Waals surface area contributed by atoms with E-state index in [2.05, 4.69) is 17.2 Å². The Morgan fingerprint density at radius 3 is 2.67 bits per heavy atom. The molecule has 0 heterocycles. The number of carbonyl (C=O) groups excluding carboxylic acids is 1. The molecule has 0 radical (unpaired) electrons. The van der Waals surface area contributed by atoms with E-state index in [4.69, 9.17) is 5.11 Å². The van der Waals surface area contributed by atoms with Crippen LogP contribution in [0.2, 0.25) is 0 Å². The van der Waals surface area contributed by atoms with Crippen LogP contribution in [0.1, 0.15) is 29.3 Å². The van der Waals surface area contributed by atoms with Crippen molar-refractivity contribution in [2.45, 2.75) is 25.6 Å². The van der Waals surface area contributed by atoms with Gasteiger partial charge in [-0.25, -0.2) is 4.39 Å². The number of nitrogens with one attached hydrogen (secondary N) is 1. The lowest BCUT2D eigenvalue weighted by molar-refractivity contribution is -0.138. The van der Waals surface area contributed by atoms with Crippen molar-refractivity contribution in [2.24, 2.45) is 0 Å². The summed E-state index contributed by atoms with van der Waals surface area (Å²) in [6.45, 7) is 0.778. The molecule has 1 aromatic carbocycles. The van der Waals surface area contributed by atoms with Crippen molar-refractivity contribution in [3.8, 4) is 11.8 Å². The molecule has 3 nitrogen and oxygen atoms in total. The SMILES string of the molecule is CC(CC(F)(F)F)NC(=O)c1cc(C#CCO)ccc1F. The summed E-state index contributed by atoms with van der Waals surface area (Å²) < 4.78 is 50.1. The van der Waals surface area contributed by atoms with Gasteiger partial charge in [0.2, 0.25) is 0 Å². The fourth-order valence-corrected chi connectivity index (χ4v) is 1.62. The highest BCUT2D eigenvalue weighted by molar-refractivity contribution is 5.95. The minimum absolute atomic E-state index is 0.277. The van der Waals surface area contributed by atoms with Crippen molar-refractivity contribution in [1.82, 2.24) is 5.32 Å². The minimum Gasteiger partial charge on any atom is -0.384 e. The third kappa shape index (κ3) is 5.83. The van der Waals surface area contributed by atoms with Gasteiger partial charge in [-0.3, -0.25) is 4.79 Å². The standard InChI is InChI=1S/C14H13F4NO2/c1-9(8-14(16,17)18)19-13(21)11-7-10(3-2-6-20)4-5-12(11)15/h4-5,7,9,20H,6,8H2,1H3,(H,19,21). The molecule has 0 spiro atoms. The highest BCUT2D eigenvalue weighted by atomic mass is 19.4. The van der Waals surface area contributed by atoms with E-state index in [-0.39, 0.29) is 5.56 Å². The van der Waals surface area contributed by atoms with Gasteiger partial charge in [-0.15, -0.1) is 0 Å². The number of alkyl halides is 3. The Labute approximate surface area is 119 Å². The van der Waals surface area contributed by atoms with Crippen molar-refractivity contribution >= 4 is 5.91 Å². The van der Waals surface area contributed by atoms with Crippen LogP contribution >= 0.6 is 0 Å². The van der Waals surface area contributed by atoms with E-state index in [1.54, 1.807) is 0 Å². The molecule has 7 heteroatoms. The molecule has 21 heavy (non-hydrogen) atoms. The normalized spacial score (nSPS) is 12.3. The summed E-state index contributed by atoms with van der Waals surface area (Å²) in [7, 11) is 0. The zero-order valence-corrected chi connectivity index (χ0v) is 11.1. The third-order valence-electron chi connectivity index (χ3n) is 2.44. The van der Waals surface area contributed by atoms with E-state index in [0.29, 0.717) is 0 Å². The second-order valence-electron chi connectivity index (χ2n) is 4.35. The van der Waals surface area contributed by atoms with Crippen LogP contribution in [0.15, 0.2) is 18.2 Å². The van der Waals surface area contributed by atoms with Crippen molar-refractivity contribution in [1.29, 1.82) is 0 Å². The molecular weight excluding hydrogens is 290 g/mol. The van der Waals surface area contributed by atoms with Crippen LogP contribution in [0.4, 0.5) is 17.6 Å². The van der Waals surface area contributed by atoms with Crippen LogP contribution < -0.4 is 5.32 Å². The van der Waals surface area contributed by atoms with Crippen LogP contribution in [0.25, 0.3) is 0 Å². The molecule has 0 fully saturated rings. The molecule has 2 N–H and O–H groups in total. The fraction of sp³-hybridized carbons (Fsp3) is 0.357. The highest BCUT2D eigenvalue weighted by Gasteiger charge is 2.30. The first-order valence-electron chi connectivity index (χ1n) is 6.00. The smallest absolute Gasteiger partial charge is 0.384 e. The van der Waals surface area contributed by atoms with E-state index in [1.807, 2.05) is 0 Å². The highest BCUT2D eigenvalue weighted by Crippen LogP contribution is 2.21. The van der Waals surface area contributed by atoms with Crippen molar-refractivity contribution < 1.29 is 27.5 Å². The third-order valence-corrected chi connectivity index (χ3v) is 2.44. The largest absolute Gasteiger partial charge is 0.391 e. The first kappa shape index (κ1) is 17.0. The van der Waals surface area contributed by atoms with Crippen LogP contribution in [-0.2, 0) is 0 Å². The van der Waals surface area contributed by atoms with E-state index < -0.39 is 42.5 Å². The number of benzene rings is 1. The average Bonchev–Trinajstić information content (AvgIpc) is 2.35. The van der Waals surface area contributed by atoms with Crippen LogP contribution in [0, 0.1) is 17.7 Å². The van der Waals surface area contributed by atoms with Gasteiger partial charge in [0.15, 0.2) is 0 Å². The summed E-state index contributed by atoms with van der Waals surface area (Å²) in [4.78, 5) is 11.8. The molecule has 0 aliphatic rings. The number of aliphatic hydroxyl groups excluding tert-OH is 1. The second-order valence-corrected chi connectivity index (χ2v) is 4.35. The van der Waals surface area contributed by atoms with E-state index >= 15 is 0 Å². The van der Waals surface area contributed by atoms with Gasteiger partial charge in [0.25, 0.3) is 5.91 Å². The molecular formula is C14H13F4NO2. The molecule has 1 unspecified atom stereocenters. The maximum absolute atomic E-state index is 13.5. The summed E-state index contributed by atoms with van der Waals surface area (Å²) in [5.41, 5.74) is -0.118. The fourth-order valence-electron chi connectivity index (χ4n) is 1.62. The number of amides is 1. The summed E-state index contributed by atoms with van der Waals surface area (Å²) in [6, 6.07) is 2.23. The lowest BCUT2D eigenvalue weighted by atomic mass is 10.1. The molecule has 1 atom stereocenters. The predicted molar refractivity (Wildman–Crippen MR) is 68.0 cm³/mol.